The van der Waals surface area contributed by atoms with Gasteiger partial charge in [0, 0.05) is 5.38 Å². The lowest BCUT2D eigenvalue weighted by molar-refractivity contribution is 0.153. The van der Waals surface area contributed by atoms with E-state index in [1.165, 1.54) is 11.4 Å². The van der Waals surface area contributed by atoms with Gasteiger partial charge in [0.1, 0.15) is 0 Å². The van der Waals surface area contributed by atoms with Crippen molar-refractivity contribution in [2.24, 2.45) is 11.8 Å². The highest BCUT2D eigenvalue weighted by Gasteiger charge is 2.34. The van der Waals surface area contributed by atoms with Crippen LogP contribution in [0.3, 0.4) is 0 Å². The number of carbonyl (C=O) groups excluding carboxylic acids is 1. The number of hydrogen-bond donors (Lipinski definition) is 5. The van der Waals surface area contributed by atoms with Crippen LogP contribution >= 0.6 is 34.5 Å². The first-order chi connectivity index (χ1) is 13.5. The predicted octanol–water partition coefficient (Wildman–Crippen LogP) is 3.29. The number of rotatable bonds is 7. The Morgan fingerprint density at radius 1 is 1.28 bits per heavy atom. The van der Waals surface area contributed by atoms with Crippen molar-refractivity contribution in [3.05, 3.63) is 33.6 Å². The molecular weight excluding hydrogens is 463 g/mol. The second kappa shape index (κ2) is 9.47. The fourth-order valence-electron chi connectivity index (χ4n) is 2.34. The fourth-order valence-corrected chi connectivity index (χ4v) is 5.41. The van der Waals surface area contributed by atoms with Gasteiger partial charge >= 0.3 is 6.03 Å². The first kappa shape index (κ1) is 23.7. The number of carbonyl (C=O) groups is 1. The van der Waals surface area contributed by atoms with Crippen molar-refractivity contribution in [1.82, 2.24) is 4.41 Å². The number of benzene rings is 1. The van der Waals surface area contributed by atoms with Crippen LogP contribution in [-0.4, -0.2) is 41.7 Å². The summed E-state index contributed by atoms with van der Waals surface area (Å²) in [7, 11) is -4.30. The van der Waals surface area contributed by atoms with Crippen LogP contribution in [-0.2, 0) is 10.0 Å². The number of sulfonamides is 1. The highest BCUT2D eigenvalue weighted by Crippen LogP contribution is 2.39. The zero-order valence-corrected chi connectivity index (χ0v) is 18.5. The quantitative estimate of drug-likeness (QED) is 0.302. The van der Waals surface area contributed by atoms with E-state index < -0.39 is 38.7 Å². The molecule has 0 aliphatic heterocycles. The molecular formula is C16H20Cl2N4O5S2. The van der Waals surface area contributed by atoms with Crippen LogP contribution in [0.4, 0.5) is 16.2 Å². The lowest BCUT2D eigenvalue weighted by Gasteiger charge is -2.27. The number of nitrogens with two attached hydrogens (primary N) is 1. The van der Waals surface area contributed by atoms with Crippen LogP contribution in [0.25, 0.3) is 0 Å². The highest BCUT2D eigenvalue weighted by molar-refractivity contribution is 7.91. The number of nitrogens with one attached hydrogen (secondary N) is 2. The Hall–Kier alpha value is -1.60. The zero-order chi connectivity index (χ0) is 21.9. The van der Waals surface area contributed by atoms with Crippen LogP contribution in [0.2, 0.25) is 10.0 Å². The number of thiophene rings is 1. The van der Waals surface area contributed by atoms with Gasteiger partial charge in [0.25, 0.3) is 10.0 Å². The Morgan fingerprint density at radius 2 is 1.90 bits per heavy atom. The topological polar surface area (TPSA) is 145 Å². The van der Waals surface area contributed by atoms with Gasteiger partial charge in [-0.15, -0.1) is 15.8 Å². The van der Waals surface area contributed by atoms with Crippen molar-refractivity contribution in [1.29, 1.82) is 0 Å². The number of urea groups is 1. The minimum Gasteiger partial charge on any atom is -0.504 e. The fraction of sp³-hybridized carbons (Fsp3) is 0.312. The van der Waals surface area contributed by atoms with E-state index in [1.807, 2.05) is 0 Å². The Balaban J connectivity index is 2.22. The highest BCUT2D eigenvalue weighted by atomic mass is 35.5. The van der Waals surface area contributed by atoms with Crippen molar-refractivity contribution in [3.8, 4) is 5.75 Å². The number of halogens is 2. The number of nitrogens with zero attached hydrogens (tertiary/aromatic N) is 1. The second-order valence-electron chi connectivity index (χ2n) is 6.29. The average Bonchev–Trinajstić information content (AvgIpc) is 3.00. The van der Waals surface area contributed by atoms with Gasteiger partial charge in [-0.1, -0.05) is 43.1 Å². The molecule has 1 atom stereocenters. The maximum Gasteiger partial charge on any atom is 0.323 e. The third-order valence-electron chi connectivity index (χ3n) is 3.98. The van der Waals surface area contributed by atoms with Gasteiger partial charge in [-0.25, -0.2) is 13.2 Å². The molecule has 0 spiro atoms. The molecule has 13 heteroatoms. The summed E-state index contributed by atoms with van der Waals surface area (Å²) < 4.78 is 25.5. The Morgan fingerprint density at radius 3 is 2.48 bits per heavy atom. The molecule has 0 radical (unpaired) electrons. The van der Waals surface area contributed by atoms with Crippen LogP contribution < -0.4 is 16.5 Å². The minimum absolute atomic E-state index is 0.129. The van der Waals surface area contributed by atoms with E-state index in [1.54, 1.807) is 26.0 Å². The predicted molar refractivity (Wildman–Crippen MR) is 114 cm³/mol. The van der Waals surface area contributed by atoms with Gasteiger partial charge in [-0.3, -0.25) is 5.84 Å². The van der Waals surface area contributed by atoms with Gasteiger partial charge < -0.3 is 20.8 Å². The van der Waals surface area contributed by atoms with Gasteiger partial charge in [0.15, 0.2) is 9.96 Å². The van der Waals surface area contributed by atoms with Crippen molar-refractivity contribution in [2.45, 2.75) is 24.1 Å². The van der Waals surface area contributed by atoms with Crippen molar-refractivity contribution >= 4 is 62.0 Å². The van der Waals surface area contributed by atoms with E-state index in [9.17, 15) is 23.4 Å². The number of hydrazine groups is 1. The lowest BCUT2D eigenvalue weighted by atomic mass is 10.1. The summed E-state index contributed by atoms with van der Waals surface area (Å²) in [6.45, 7) is 2.90. The number of anilines is 2. The second-order valence-corrected chi connectivity index (χ2v) is 10.00. The number of aromatic hydroxyl groups is 1. The summed E-state index contributed by atoms with van der Waals surface area (Å²) in [6, 6.07) is 2.99. The summed E-state index contributed by atoms with van der Waals surface area (Å²) in [5, 5.41) is 26.1. The number of aliphatic hydroxyl groups is 1. The molecule has 9 nitrogen and oxygen atoms in total. The first-order valence-electron chi connectivity index (χ1n) is 8.23. The van der Waals surface area contributed by atoms with E-state index >= 15 is 0 Å². The van der Waals surface area contributed by atoms with Gasteiger partial charge in [-0.05, 0) is 18.1 Å². The van der Waals surface area contributed by atoms with Crippen molar-refractivity contribution in [3.63, 3.8) is 0 Å². The summed E-state index contributed by atoms with van der Waals surface area (Å²) in [5.74, 6) is 4.77. The smallest absolute Gasteiger partial charge is 0.323 e. The van der Waals surface area contributed by atoms with Crippen LogP contribution in [0.15, 0.2) is 27.8 Å². The van der Waals surface area contributed by atoms with Crippen LogP contribution in [0.1, 0.15) is 13.8 Å². The van der Waals surface area contributed by atoms with Crippen LogP contribution in [0, 0.1) is 5.92 Å². The van der Waals surface area contributed by atoms with E-state index in [-0.39, 0.29) is 27.3 Å². The molecule has 0 fully saturated rings. The standard InChI is InChI=1S/C16H20Cl2N4O5S2/c1-8(2)12(6-23)22(19)29(26,27)15-14(24)11(7-28-15)21-16(25)20-10-5-3-4-9(17)13(10)18/h3-5,7-8,12,23-24H,6,19H2,1-2H3,(H2,20,21,25). The molecule has 1 aromatic heterocycles. The lowest BCUT2D eigenvalue weighted by Crippen LogP contribution is -2.49. The third-order valence-corrected chi connectivity index (χ3v) is 7.96. The molecule has 2 aromatic rings. The first-order valence-corrected chi connectivity index (χ1v) is 11.3. The number of aliphatic hydroxyl groups excluding tert-OH is 1. The molecule has 1 unspecified atom stereocenters. The summed E-state index contributed by atoms with van der Waals surface area (Å²) in [5.41, 5.74) is 0.0952. The van der Waals surface area contributed by atoms with E-state index in [4.69, 9.17) is 29.0 Å². The molecule has 6 N–H and O–H groups in total. The van der Waals surface area contributed by atoms with Gasteiger partial charge in [0.2, 0.25) is 0 Å². The summed E-state index contributed by atoms with van der Waals surface area (Å²) >= 11 is 12.6. The normalized spacial score (nSPS) is 13.0. The Bertz CT molecular complexity index is 997. The number of hydrogen-bond acceptors (Lipinski definition) is 7. The van der Waals surface area contributed by atoms with E-state index in [0.717, 1.165) is 0 Å². The molecule has 0 bridgehead atoms. The molecule has 1 heterocycles. The van der Waals surface area contributed by atoms with Gasteiger partial charge in [0.05, 0.1) is 34.1 Å². The maximum atomic E-state index is 12.7. The molecule has 0 aliphatic rings. The largest absolute Gasteiger partial charge is 0.504 e. The van der Waals surface area contributed by atoms with E-state index in [2.05, 4.69) is 10.6 Å². The Labute approximate surface area is 182 Å². The molecule has 0 saturated heterocycles. The summed E-state index contributed by atoms with van der Waals surface area (Å²) in [4.78, 5) is 12.2. The molecule has 1 aromatic carbocycles. The third kappa shape index (κ3) is 5.12. The maximum absolute atomic E-state index is 12.7. The number of amides is 2. The van der Waals surface area contributed by atoms with Crippen molar-refractivity contribution in [2.75, 3.05) is 17.2 Å². The molecule has 0 aliphatic carbocycles. The zero-order valence-electron chi connectivity index (χ0n) is 15.4. The molecule has 0 saturated carbocycles. The molecule has 29 heavy (non-hydrogen) atoms. The van der Waals surface area contributed by atoms with Crippen molar-refractivity contribution < 1.29 is 23.4 Å². The average molecular weight is 483 g/mol. The van der Waals surface area contributed by atoms with E-state index in [0.29, 0.717) is 15.8 Å². The van der Waals surface area contributed by atoms with Crippen LogP contribution in [0.5, 0.6) is 5.75 Å². The Kier molecular flexibility index (Phi) is 7.74. The monoisotopic (exact) mass is 482 g/mol. The summed E-state index contributed by atoms with van der Waals surface area (Å²) in [6.07, 6.45) is 0. The molecule has 2 rings (SSSR count). The molecule has 160 valence electrons. The minimum atomic E-state index is -4.30. The SMILES string of the molecule is CC(C)C(CO)N(N)S(=O)(=O)c1scc(NC(=O)Nc2cccc(Cl)c2Cl)c1O. The van der Waals surface area contributed by atoms with Gasteiger partial charge in [-0.2, -0.15) is 0 Å². The molecule has 2 amide bonds.